The van der Waals surface area contributed by atoms with Crippen molar-refractivity contribution < 1.29 is 0 Å². The summed E-state index contributed by atoms with van der Waals surface area (Å²) in [5.74, 6) is 0. The maximum atomic E-state index is 6.38. The quantitative estimate of drug-likeness (QED) is 0.530. The van der Waals surface area contributed by atoms with E-state index in [0.29, 0.717) is 10.0 Å². The molecule has 21 heavy (non-hydrogen) atoms. The predicted molar refractivity (Wildman–Crippen MR) is 89.7 cm³/mol. The van der Waals surface area contributed by atoms with Gasteiger partial charge in [-0.25, -0.2) is 4.98 Å². The molecule has 2 nitrogen and oxygen atoms in total. The highest BCUT2D eigenvalue weighted by molar-refractivity contribution is 6.42. The summed E-state index contributed by atoms with van der Waals surface area (Å²) < 4.78 is 2.03. The number of hydrogen-bond acceptors (Lipinski definition) is 1. The van der Waals surface area contributed by atoms with E-state index in [1.165, 1.54) is 0 Å². The van der Waals surface area contributed by atoms with Gasteiger partial charge in [0.2, 0.25) is 0 Å². The van der Waals surface area contributed by atoms with Gasteiger partial charge in [0.1, 0.15) is 5.65 Å². The van der Waals surface area contributed by atoms with Crippen LogP contribution in [0.4, 0.5) is 0 Å². The van der Waals surface area contributed by atoms with Crippen molar-refractivity contribution in [2.45, 2.75) is 19.2 Å². The van der Waals surface area contributed by atoms with Crippen LogP contribution in [0.1, 0.15) is 23.6 Å². The highest BCUT2D eigenvalue weighted by Gasteiger charge is 2.19. The second-order valence-corrected chi connectivity index (χ2v) is 6.44. The number of fused-ring (bicyclic) bond motifs is 1. The fraction of sp³-hybridized carbons (Fsp3) is 0.188. The molecule has 0 bridgehead atoms. The maximum absolute atomic E-state index is 6.38. The monoisotopic (exact) mass is 338 g/mol. The van der Waals surface area contributed by atoms with Crippen molar-refractivity contribution in [2.75, 3.05) is 0 Å². The molecule has 2 aromatic heterocycles. The Morgan fingerprint density at radius 1 is 1.14 bits per heavy atom. The Kier molecular flexibility index (Phi) is 3.87. The van der Waals surface area contributed by atoms with Crippen molar-refractivity contribution in [1.29, 1.82) is 0 Å². The van der Waals surface area contributed by atoms with Crippen molar-refractivity contribution in [2.24, 2.45) is 0 Å². The van der Waals surface area contributed by atoms with Crippen molar-refractivity contribution in [3.63, 3.8) is 0 Å². The van der Waals surface area contributed by atoms with Crippen LogP contribution >= 0.6 is 34.8 Å². The fourth-order valence-corrected chi connectivity index (χ4v) is 2.96. The number of aromatic nitrogens is 2. The molecule has 1 atom stereocenters. The molecule has 2 heterocycles. The predicted octanol–water partition coefficient (Wildman–Crippen LogP) is 5.92. The molecular formula is C16H13Cl3N2. The van der Waals surface area contributed by atoms with Crippen LogP contribution in [0.2, 0.25) is 10.0 Å². The van der Waals surface area contributed by atoms with Gasteiger partial charge in [-0.2, -0.15) is 0 Å². The molecule has 0 N–H and O–H groups in total. The van der Waals surface area contributed by atoms with E-state index in [0.717, 1.165) is 28.2 Å². The first-order valence-corrected chi connectivity index (χ1v) is 7.75. The van der Waals surface area contributed by atoms with Gasteiger partial charge in [0.15, 0.2) is 0 Å². The molecule has 3 rings (SSSR count). The van der Waals surface area contributed by atoms with E-state index < -0.39 is 0 Å². The molecule has 1 aromatic carbocycles. The molecule has 5 heteroatoms. The number of hydrogen-bond donors (Lipinski definition) is 0. The van der Waals surface area contributed by atoms with E-state index >= 15 is 0 Å². The second kappa shape index (κ2) is 5.53. The lowest BCUT2D eigenvalue weighted by Gasteiger charge is -2.08. The molecule has 0 aliphatic rings. The lowest BCUT2D eigenvalue weighted by Crippen LogP contribution is -1.95. The van der Waals surface area contributed by atoms with Gasteiger partial charge in [-0.1, -0.05) is 35.3 Å². The number of aryl methyl sites for hydroxylation is 1. The summed E-state index contributed by atoms with van der Waals surface area (Å²) in [7, 11) is 0. The number of benzene rings is 1. The molecule has 0 aliphatic carbocycles. The number of imidazole rings is 1. The highest BCUT2D eigenvalue weighted by Crippen LogP contribution is 2.35. The molecule has 1 unspecified atom stereocenters. The van der Waals surface area contributed by atoms with E-state index in [1.807, 2.05) is 48.7 Å². The van der Waals surface area contributed by atoms with Gasteiger partial charge in [0.05, 0.1) is 26.8 Å². The van der Waals surface area contributed by atoms with E-state index in [-0.39, 0.29) is 5.38 Å². The third kappa shape index (κ3) is 2.52. The van der Waals surface area contributed by atoms with Gasteiger partial charge in [-0.15, -0.1) is 11.6 Å². The van der Waals surface area contributed by atoms with Crippen molar-refractivity contribution >= 4 is 40.4 Å². The number of rotatable bonds is 2. The Labute approximate surface area is 138 Å². The van der Waals surface area contributed by atoms with Gasteiger partial charge in [0, 0.05) is 11.8 Å². The minimum absolute atomic E-state index is 0.175. The summed E-state index contributed by atoms with van der Waals surface area (Å²) in [4.78, 5) is 4.75. The molecule has 0 amide bonds. The van der Waals surface area contributed by atoms with Crippen LogP contribution in [0.25, 0.3) is 16.9 Å². The topological polar surface area (TPSA) is 17.3 Å². The minimum atomic E-state index is -0.175. The fourth-order valence-electron chi connectivity index (χ4n) is 2.46. The van der Waals surface area contributed by atoms with Gasteiger partial charge < -0.3 is 4.40 Å². The Hall–Kier alpha value is -1.22. The summed E-state index contributed by atoms with van der Waals surface area (Å²) >= 11 is 18.5. The average molecular weight is 340 g/mol. The first kappa shape index (κ1) is 14.7. The van der Waals surface area contributed by atoms with Gasteiger partial charge in [-0.05, 0) is 37.6 Å². The zero-order valence-corrected chi connectivity index (χ0v) is 13.8. The van der Waals surface area contributed by atoms with Crippen LogP contribution in [-0.2, 0) is 0 Å². The maximum Gasteiger partial charge on any atom is 0.140 e. The summed E-state index contributed by atoms with van der Waals surface area (Å²) in [6.07, 6.45) is 1.98. The van der Waals surface area contributed by atoms with E-state index in [2.05, 4.69) is 0 Å². The minimum Gasteiger partial charge on any atom is -0.302 e. The summed E-state index contributed by atoms with van der Waals surface area (Å²) in [6.45, 7) is 3.97. The lowest BCUT2D eigenvalue weighted by atomic mass is 10.1. The molecule has 0 fully saturated rings. The summed E-state index contributed by atoms with van der Waals surface area (Å²) in [6, 6.07) is 9.53. The molecular weight excluding hydrogens is 327 g/mol. The summed E-state index contributed by atoms with van der Waals surface area (Å²) in [5.41, 5.74) is 4.71. The molecule has 3 aromatic rings. The van der Waals surface area contributed by atoms with E-state index in [1.54, 1.807) is 6.07 Å². The Balaban J connectivity index is 2.33. The third-order valence-corrected chi connectivity index (χ3v) is 4.40. The second-order valence-electron chi connectivity index (χ2n) is 4.98. The van der Waals surface area contributed by atoms with Gasteiger partial charge in [0.25, 0.3) is 0 Å². The van der Waals surface area contributed by atoms with Crippen LogP contribution in [0.5, 0.6) is 0 Å². The number of pyridine rings is 1. The van der Waals surface area contributed by atoms with Crippen molar-refractivity contribution in [1.82, 2.24) is 9.38 Å². The smallest absolute Gasteiger partial charge is 0.140 e. The SMILES string of the molecule is Cc1cccn2c(C(C)Cl)c(-c3ccc(Cl)c(Cl)c3)nc12. The van der Waals surface area contributed by atoms with Crippen LogP contribution in [0.15, 0.2) is 36.5 Å². The van der Waals surface area contributed by atoms with Crippen LogP contribution in [0.3, 0.4) is 0 Å². The zero-order valence-electron chi connectivity index (χ0n) is 11.6. The largest absolute Gasteiger partial charge is 0.302 e. The van der Waals surface area contributed by atoms with E-state index in [4.69, 9.17) is 39.8 Å². The summed E-state index contributed by atoms with van der Waals surface area (Å²) in [5, 5.41) is 0.864. The zero-order chi connectivity index (χ0) is 15.1. The number of nitrogens with zero attached hydrogens (tertiary/aromatic N) is 2. The van der Waals surface area contributed by atoms with E-state index in [9.17, 15) is 0 Å². The van der Waals surface area contributed by atoms with Crippen molar-refractivity contribution in [3.05, 3.63) is 57.8 Å². The third-order valence-electron chi connectivity index (χ3n) is 3.45. The molecule has 0 saturated carbocycles. The molecule has 108 valence electrons. The molecule has 0 saturated heterocycles. The Bertz CT molecular complexity index is 822. The standard InChI is InChI=1S/C16H13Cl3N2/c1-9-4-3-7-21-15(10(2)17)14(20-16(9)21)11-5-6-12(18)13(19)8-11/h3-8,10H,1-2H3. The number of halogens is 3. The average Bonchev–Trinajstić information content (AvgIpc) is 2.83. The highest BCUT2D eigenvalue weighted by atomic mass is 35.5. The van der Waals surface area contributed by atoms with Crippen LogP contribution in [0, 0.1) is 6.92 Å². The first-order chi connectivity index (χ1) is 9.99. The molecule has 0 aliphatic heterocycles. The van der Waals surface area contributed by atoms with Crippen molar-refractivity contribution in [3.8, 4) is 11.3 Å². The van der Waals surface area contributed by atoms with Gasteiger partial charge in [-0.3, -0.25) is 0 Å². The van der Waals surface area contributed by atoms with Crippen LogP contribution in [-0.4, -0.2) is 9.38 Å². The Morgan fingerprint density at radius 3 is 2.57 bits per heavy atom. The van der Waals surface area contributed by atoms with Crippen LogP contribution < -0.4 is 0 Å². The number of alkyl halides is 1. The molecule has 0 radical (unpaired) electrons. The molecule has 0 spiro atoms. The van der Waals surface area contributed by atoms with Gasteiger partial charge >= 0.3 is 0 Å². The lowest BCUT2D eigenvalue weighted by molar-refractivity contribution is 0.962. The first-order valence-electron chi connectivity index (χ1n) is 6.56. The Morgan fingerprint density at radius 2 is 1.90 bits per heavy atom. The normalized spacial score (nSPS) is 12.8.